The van der Waals surface area contributed by atoms with E-state index in [1.165, 1.54) is 29.7 Å². The van der Waals surface area contributed by atoms with Crippen LogP contribution in [0.15, 0.2) is 60.9 Å². The zero-order valence-corrected chi connectivity index (χ0v) is 22.5. The van der Waals surface area contributed by atoms with Crippen molar-refractivity contribution >= 4 is 11.3 Å². The van der Waals surface area contributed by atoms with Crippen LogP contribution in [-0.2, 0) is 4.74 Å². The highest BCUT2D eigenvalue weighted by molar-refractivity contribution is 5.72. The molecule has 2 saturated heterocycles. The van der Waals surface area contributed by atoms with Crippen molar-refractivity contribution in [3.05, 3.63) is 66.5 Å². The van der Waals surface area contributed by atoms with E-state index in [1.54, 1.807) is 14.2 Å². The fraction of sp³-hybridized carbons (Fsp3) is 0.387. The molecule has 2 aliphatic rings. The molecule has 2 aromatic carbocycles. The Bertz CT molecular complexity index is 1400. The first-order valence-electron chi connectivity index (χ1n) is 13.5. The van der Waals surface area contributed by atoms with E-state index in [4.69, 9.17) is 19.2 Å². The van der Waals surface area contributed by atoms with Crippen molar-refractivity contribution in [2.75, 3.05) is 58.5 Å². The van der Waals surface area contributed by atoms with Crippen LogP contribution in [0.2, 0.25) is 0 Å². The molecule has 0 N–H and O–H groups in total. The topological polar surface area (TPSA) is 51.5 Å². The summed E-state index contributed by atoms with van der Waals surface area (Å²) in [6, 6.07) is 17.8. The SMILES string of the molecule is COc1ccc(-c2cn3cc(-c4ccc(N5CCN(C6CCOCC6)CC5)cc4)cc(C)c3n2)cc1OC. The summed E-state index contributed by atoms with van der Waals surface area (Å²) in [5.74, 6) is 1.41. The molecule has 0 radical (unpaired) electrons. The Balaban J connectivity index is 1.19. The molecule has 2 aliphatic heterocycles. The number of benzene rings is 2. The molecule has 2 aromatic heterocycles. The maximum absolute atomic E-state index is 5.55. The predicted octanol–water partition coefficient (Wildman–Crippen LogP) is 5.29. The summed E-state index contributed by atoms with van der Waals surface area (Å²) in [4.78, 5) is 10.1. The van der Waals surface area contributed by atoms with Gasteiger partial charge < -0.3 is 23.5 Å². The van der Waals surface area contributed by atoms with Crippen LogP contribution in [-0.4, -0.2) is 73.9 Å². The minimum atomic E-state index is 0.696. The van der Waals surface area contributed by atoms with Crippen LogP contribution < -0.4 is 14.4 Å². The highest BCUT2D eigenvalue weighted by Crippen LogP contribution is 2.33. The van der Waals surface area contributed by atoms with Gasteiger partial charge in [-0.25, -0.2) is 4.98 Å². The number of aryl methyl sites for hydroxylation is 1. The molecule has 0 spiro atoms. The number of fused-ring (bicyclic) bond motifs is 1. The largest absolute Gasteiger partial charge is 0.493 e. The summed E-state index contributed by atoms with van der Waals surface area (Å²) in [5, 5.41) is 0. The van der Waals surface area contributed by atoms with Gasteiger partial charge in [0.2, 0.25) is 0 Å². The van der Waals surface area contributed by atoms with Gasteiger partial charge >= 0.3 is 0 Å². The summed E-state index contributed by atoms with van der Waals surface area (Å²) < 4.78 is 18.5. The summed E-state index contributed by atoms with van der Waals surface area (Å²) in [6.45, 7) is 8.36. The van der Waals surface area contributed by atoms with Crippen molar-refractivity contribution in [1.29, 1.82) is 0 Å². The summed E-state index contributed by atoms with van der Waals surface area (Å²) in [6.07, 6.45) is 6.59. The van der Waals surface area contributed by atoms with E-state index < -0.39 is 0 Å². The number of hydrogen-bond donors (Lipinski definition) is 0. The number of nitrogens with zero attached hydrogens (tertiary/aromatic N) is 4. The number of anilines is 1. The lowest BCUT2D eigenvalue weighted by atomic mass is 10.0. The van der Waals surface area contributed by atoms with Gasteiger partial charge in [-0.15, -0.1) is 0 Å². The van der Waals surface area contributed by atoms with Gasteiger partial charge in [0.25, 0.3) is 0 Å². The Hall–Kier alpha value is -3.55. The van der Waals surface area contributed by atoms with E-state index in [-0.39, 0.29) is 0 Å². The number of pyridine rings is 1. The van der Waals surface area contributed by atoms with Crippen LogP contribution in [0.25, 0.3) is 28.0 Å². The number of methoxy groups -OCH3 is 2. The van der Waals surface area contributed by atoms with Crippen molar-refractivity contribution in [3.8, 4) is 33.9 Å². The third-order valence-corrected chi connectivity index (χ3v) is 8.00. The van der Waals surface area contributed by atoms with Crippen LogP contribution in [0.1, 0.15) is 18.4 Å². The lowest BCUT2D eigenvalue weighted by Gasteiger charge is -2.41. The van der Waals surface area contributed by atoms with Gasteiger partial charge in [0.1, 0.15) is 5.65 Å². The van der Waals surface area contributed by atoms with Crippen LogP contribution >= 0.6 is 0 Å². The normalized spacial score (nSPS) is 17.2. The van der Waals surface area contributed by atoms with Gasteiger partial charge in [0.15, 0.2) is 11.5 Å². The standard InChI is InChI=1S/C31H36N4O3/c1-22-18-25(20-35-21-28(32-31(22)35)24-6-9-29(36-2)30(19-24)37-3)23-4-7-26(8-5-23)33-12-14-34(15-13-33)27-10-16-38-17-11-27/h4-9,18-21,27H,10-17H2,1-3H3. The average molecular weight is 513 g/mol. The van der Waals surface area contributed by atoms with Crippen LogP contribution in [0.3, 0.4) is 0 Å². The van der Waals surface area contributed by atoms with E-state index in [2.05, 4.69) is 63.8 Å². The van der Waals surface area contributed by atoms with Crippen molar-refractivity contribution in [3.63, 3.8) is 0 Å². The quantitative estimate of drug-likeness (QED) is 0.350. The first-order valence-corrected chi connectivity index (χ1v) is 13.5. The van der Waals surface area contributed by atoms with E-state index in [1.807, 2.05) is 18.2 Å². The smallest absolute Gasteiger partial charge is 0.161 e. The average Bonchev–Trinajstić information content (AvgIpc) is 3.42. The van der Waals surface area contributed by atoms with E-state index in [0.29, 0.717) is 17.5 Å². The van der Waals surface area contributed by atoms with Crippen molar-refractivity contribution in [2.45, 2.75) is 25.8 Å². The molecule has 0 bridgehead atoms. The molecule has 198 valence electrons. The molecule has 7 nitrogen and oxygen atoms in total. The van der Waals surface area contributed by atoms with Crippen molar-refractivity contribution in [1.82, 2.24) is 14.3 Å². The van der Waals surface area contributed by atoms with Crippen LogP contribution in [0, 0.1) is 6.92 Å². The van der Waals surface area contributed by atoms with Crippen LogP contribution in [0.5, 0.6) is 11.5 Å². The van der Waals surface area contributed by atoms with Crippen LogP contribution in [0.4, 0.5) is 5.69 Å². The monoisotopic (exact) mass is 512 g/mol. The number of piperazine rings is 1. The Morgan fingerprint density at radius 2 is 1.50 bits per heavy atom. The number of rotatable bonds is 6. The predicted molar refractivity (Wildman–Crippen MR) is 152 cm³/mol. The molecule has 38 heavy (non-hydrogen) atoms. The molecule has 0 unspecified atom stereocenters. The Kier molecular flexibility index (Phi) is 6.96. The van der Waals surface area contributed by atoms with Gasteiger partial charge in [-0.1, -0.05) is 12.1 Å². The molecule has 7 heteroatoms. The number of ether oxygens (including phenoxy) is 3. The Morgan fingerprint density at radius 1 is 0.789 bits per heavy atom. The fourth-order valence-corrected chi connectivity index (χ4v) is 5.82. The van der Waals surface area contributed by atoms with E-state index in [0.717, 1.165) is 61.9 Å². The Morgan fingerprint density at radius 3 is 2.21 bits per heavy atom. The number of aromatic nitrogens is 2. The number of hydrogen-bond acceptors (Lipinski definition) is 6. The molecule has 6 rings (SSSR count). The van der Waals surface area contributed by atoms with E-state index in [9.17, 15) is 0 Å². The van der Waals surface area contributed by atoms with Crippen molar-refractivity contribution < 1.29 is 14.2 Å². The highest BCUT2D eigenvalue weighted by Gasteiger charge is 2.25. The second-order valence-electron chi connectivity index (χ2n) is 10.3. The number of imidazole rings is 1. The van der Waals surface area contributed by atoms with Gasteiger partial charge in [-0.05, 0) is 72.9 Å². The van der Waals surface area contributed by atoms with Gasteiger partial charge in [-0.2, -0.15) is 0 Å². The van der Waals surface area contributed by atoms with Gasteiger partial charge in [0.05, 0.1) is 19.9 Å². The summed E-state index contributed by atoms with van der Waals surface area (Å²) >= 11 is 0. The maximum Gasteiger partial charge on any atom is 0.161 e. The zero-order chi connectivity index (χ0) is 26.1. The first kappa shape index (κ1) is 24.8. The van der Waals surface area contributed by atoms with Gasteiger partial charge in [0, 0.05) is 69.1 Å². The molecule has 2 fully saturated rings. The second-order valence-corrected chi connectivity index (χ2v) is 10.3. The molecule has 4 heterocycles. The third kappa shape index (κ3) is 4.84. The first-order chi connectivity index (χ1) is 18.6. The van der Waals surface area contributed by atoms with E-state index >= 15 is 0 Å². The second kappa shape index (κ2) is 10.7. The molecule has 0 atom stereocenters. The highest BCUT2D eigenvalue weighted by atomic mass is 16.5. The maximum atomic E-state index is 5.55. The lowest BCUT2D eigenvalue weighted by molar-refractivity contribution is 0.0321. The molecular formula is C31H36N4O3. The molecule has 0 saturated carbocycles. The minimum absolute atomic E-state index is 0.696. The third-order valence-electron chi connectivity index (χ3n) is 8.00. The van der Waals surface area contributed by atoms with Crippen molar-refractivity contribution in [2.24, 2.45) is 0 Å². The minimum Gasteiger partial charge on any atom is -0.493 e. The fourth-order valence-electron chi connectivity index (χ4n) is 5.82. The lowest BCUT2D eigenvalue weighted by Crippen LogP contribution is -2.51. The Labute approximate surface area is 224 Å². The molecular weight excluding hydrogens is 476 g/mol. The summed E-state index contributed by atoms with van der Waals surface area (Å²) in [7, 11) is 3.30. The molecule has 0 aliphatic carbocycles. The van der Waals surface area contributed by atoms with Gasteiger partial charge in [-0.3, -0.25) is 4.90 Å². The summed E-state index contributed by atoms with van der Waals surface area (Å²) in [5.41, 5.74) is 7.69. The molecule has 4 aromatic rings. The zero-order valence-electron chi connectivity index (χ0n) is 22.5. The molecule has 0 amide bonds.